The molecule has 1 saturated heterocycles. The highest BCUT2D eigenvalue weighted by molar-refractivity contribution is 6.35. The lowest BCUT2D eigenvalue weighted by Crippen LogP contribution is -2.46. The molecule has 2 N–H and O–H groups in total. The van der Waals surface area contributed by atoms with Gasteiger partial charge in [-0.15, -0.1) is 0 Å². The van der Waals surface area contributed by atoms with Crippen molar-refractivity contribution in [2.45, 2.75) is 57.7 Å². The Hall–Kier alpha value is -2.50. The Morgan fingerprint density at radius 2 is 2.14 bits per heavy atom. The van der Waals surface area contributed by atoms with Gasteiger partial charge in [0.15, 0.2) is 11.3 Å². The largest absolute Gasteiger partial charge is 0.329 e. The van der Waals surface area contributed by atoms with E-state index in [1.54, 1.807) is 23.0 Å². The molecule has 1 aromatic carbocycles. The molecule has 0 amide bonds. The van der Waals surface area contributed by atoms with E-state index in [1.807, 2.05) is 13.0 Å². The maximum absolute atomic E-state index is 9.66. The quantitative estimate of drug-likeness (QED) is 0.506. The Balaban J connectivity index is 1.49. The number of hydrogen-bond donors (Lipinski definition) is 1. The molecular formula is C26H29Cl2N7. The van der Waals surface area contributed by atoms with Gasteiger partial charge in [0, 0.05) is 28.7 Å². The summed E-state index contributed by atoms with van der Waals surface area (Å²) in [5.41, 5.74) is 10.2. The van der Waals surface area contributed by atoms with Crippen LogP contribution >= 0.6 is 23.2 Å². The standard InChI is InChI=1S/C26H29Cl2N7/c1-15-10-17(5-8-24(15)34-9-3-4-19(34)12-29)23-14-31-25-22(13-30)33-35(26(25)32-23)16(2)20-7-6-18(27)11-21(20)28/h5-7,11,14-16,19,24H,3-4,8-10,12,29H2,1-2H3/t15-,16-,19?,24+/m1/s1. The second-order valence-corrected chi connectivity index (χ2v) is 10.5. The Morgan fingerprint density at radius 3 is 2.86 bits per heavy atom. The van der Waals surface area contributed by atoms with Gasteiger partial charge in [0.2, 0.25) is 0 Å². The number of hydrogen-bond acceptors (Lipinski definition) is 6. The summed E-state index contributed by atoms with van der Waals surface area (Å²) in [6.45, 7) is 6.15. The van der Waals surface area contributed by atoms with Gasteiger partial charge >= 0.3 is 0 Å². The molecule has 0 spiro atoms. The fourth-order valence-electron chi connectivity index (χ4n) is 5.66. The summed E-state index contributed by atoms with van der Waals surface area (Å²) in [7, 11) is 0. The van der Waals surface area contributed by atoms with E-state index in [2.05, 4.69) is 34.1 Å². The maximum atomic E-state index is 9.66. The van der Waals surface area contributed by atoms with Gasteiger partial charge in [0.25, 0.3) is 0 Å². The molecule has 0 radical (unpaired) electrons. The predicted octanol–water partition coefficient (Wildman–Crippen LogP) is 5.22. The first-order chi connectivity index (χ1) is 16.9. The van der Waals surface area contributed by atoms with E-state index in [-0.39, 0.29) is 11.7 Å². The highest BCUT2D eigenvalue weighted by Crippen LogP contribution is 2.36. The van der Waals surface area contributed by atoms with Crippen molar-refractivity contribution in [3.8, 4) is 6.07 Å². The smallest absolute Gasteiger partial charge is 0.190 e. The number of nitriles is 1. The summed E-state index contributed by atoms with van der Waals surface area (Å²) < 4.78 is 1.74. The molecule has 7 nitrogen and oxygen atoms in total. The van der Waals surface area contributed by atoms with Crippen molar-refractivity contribution in [2.24, 2.45) is 11.7 Å². The minimum atomic E-state index is -0.249. The Labute approximate surface area is 215 Å². The van der Waals surface area contributed by atoms with E-state index >= 15 is 0 Å². The van der Waals surface area contributed by atoms with Crippen molar-refractivity contribution in [1.82, 2.24) is 24.6 Å². The summed E-state index contributed by atoms with van der Waals surface area (Å²) in [5.74, 6) is 0.492. The first-order valence-corrected chi connectivity index (χ1v) is 12.9. The normalized spacial score (nSPS) is 23.9. The number of fused-ring (bicyclic) bond motifs is 1. The molecule has 3 heterocycles. The number of benzene rings is 1. The zero-order chi connectivity index (χ0) is 24.7. The third kappa shape index (κ3) is 4.45. The van der Waals surface area contributed by atoms with Gasteiger partial charge < -0.3 is 5.73 Å². The third-order valence-electron chi connectivity index (χ3n) is 7.54. The fraction of sp³-hybridized carbons (Fsp3) is 0.462. The number of rotatable bonds is 5. The van der Waals surface area contributed by atoms with Gasteiger partial charge in [-0.1, -0.05) is 42.3 Å². The molecule has 0 bridgehead atoms. The highest BCUT2D eigenvalue weighted by atomic mass is 35.5. The van der Waals surface area contributed by atoms with Gasteiger partial charge in [-0.25, -0.2) is 14.6 Å². The van der Waals surface area contributed by atoms with Crippen LogP contribution in [0, 0.1) is 17.2 Å². The second kappa shape index (κ2) is 9.87. The molecule has 5 rings (SSSR count). The van der Waals surface area contributed by atoms with Gasteiger partial charge in [0.1, 0.15) is 11.6 Å². The Bertz CT molecular complexity index is 1330. The highest BCUT2D eigenvalue weighted by Gasteiger charge is 2.35. The van der Waals surface area contributed by atoms with Crippen LogP contribution in [-0.2, 0) is 0 Å². The van der Waals surface area contributed by atoms with Crippen LogP contribution < -0.4 is 5.73 Å². The summed E-state index contributed by atoms with van der Waals surface area (Å²) in [6.07, 6.45) is 8.40. The van der Waals surface area contributed by atoms with E-state index < -0.39 is 0 Å². The molecule has 4 atom stereocenters. The number of nitrogens with zero attached hydrogens (tertiary/aromatic N) is 6. The second-order valence-electron chi connectivity index (χ2n) is 9.66. The van der Waals surface area contributed by atoms with Crippen molar-refractivity contribution < 1.29 is 0 Å². The molecule has 182 valence electrons. The number of allylic oxidation sites excluding steroid dienone is 1. The fourth-order valence-corrected chi connectivity index (χ4v) is 6.23. The van der Waals surface area contributed by atoms with Crippen LogP contribution in [0.2, 0.25) is 10.0 Å². The van der Waals surface area contributed by atoms with Crippen LogP contribution in [-0.4, -0.2) is 49.8 Å². The third-order valence-corrected chi connectivity index (χ3v) is 8.11. The zero-order valence-electron chi connectivity index (χ0n) is 20.0. The molecule has 0 saturated carbocycles. The van der Waals surface area contributed by atoms with Crippen molar-refractivity contribution in [2.75, 3.05) is 13.1 Å². The van der Waals surface area contributed by atoms with Crippen LogP contribution in [0.15, 0.2) is 30.5 Å². The molecule has 1 aliphatic heterocycles. The van der Waals surface area contributed by atoms with E-state index in [0.29, 0.717) is 39.2 Å². The SMILES string of the molecule is C[C@@H]1CC(c2cnc3c(C#N)nn([C@H](C)c4ccc(Cl)cc4Cl)c3n2)=CC[C@@H]1N1CCCC1CN. The average Bonchev–Trinajstić information content (AvgIpc) is 3.47. The summed E-state index contributed by atoms with van der Waals surface area (Å²) in [4.78, 5) is 12.2. The topological polar surface area (TPSA) is 96.6 Å². The van der Waals surface area contributed by atoms with Gasteiger partial charge in [-0.05, 0) is 68.3 Å². The van der Waals surface area contributed by atoms with Crippen molar-refractivity contribution in [3.05, 3.63) is 57.5 Å². The lowest BCUT2D eigenvalue weighted by Gasteiger charge is -2.38. The molecule has 1 fully saturated rings. The summed E-state index contributed by atoms with van der Waals surface area (Å²) in [5, 5.41) is 15.3. The van der Waals surface area contributed by atoms with Crippen LogP contribution in [0.25, 0.3) is 16.7 Å². The molecule has 9 heteroatoms. The summed E-state index contributed by atoms with van der Waals surface area (Å²) in [6, 6.07) is 8.30. The van der Waals surface area contributed by atoms with Crippen molar-refractivity contribution >= 4 is 39.9 Å². The van der Waals surface area contributed by atoms with Crippen LogP contribution in [0.5, 0.6) is 0 Å². The first-order valence-electron chi connectivity index (χ1n) is 12.2. The van der Waals surface area contributed by atoms with E-state index in [4.69, 9.17) is 33.9 Å². The molecule has 1 unspecified atom stereocenters. The molecule has 2 aromatic heterocycles. The van der Waals surface area contributed by atoms with E-state index in [0.717, 1.165) is 37.2 Å². The minimum absolute atomic E-state index is 0.249. The van der Waals surface area contributed by atoms with Gasteiger partial charge in [0.05, 0.1) is 17.9 Å². The predicted molar refractivity (Wildman–Crippen MR) is 139 cm³/mol. The van der Waals surface area contributed by atoms with Gasteiger partial charge in [-0.2, -0.15) is 10.4 Å². The molecule has 3 aromatic rings. The van der Waals surface area contributed by atoms with Gasteiger partial charge in [-0.3, -0.25) is 4.90 Å². The zero-order valence-corrected chi connectivity index (χ0v) is 21.5. The number of likely N-dealkylation sites (tertiary alicyclic amines) is 1. The van der Waals surface area contributed by atoms with E-state index in [1.165, 1.54) is 18.4 Å². The van der Waals surface area contributed by atoms with Crippen LogP contribution in [0.3, 0.4) is 0 Å². The Morgan fingerprint density at radius 1 is 1.31 bits per heavy atom. The molecule has 2 aliphatic rings. The first kappa shape index (κ1) is 24.2. The lowest BCUT2D eigenvalue weighted by molar-refractivity contribution is 0.135. The van der Waals surface area contributed by atoms with Crippen LogP contribution in [0.4, 0.5) is 0 Å². The van der Waals surface area contributed by atoms with E-state index in [9.17, 15) is 5.26 Å². The molecular weight excluding hydrogens is 481 g/mol. The minimum Gasteiger partial charge on any atom is -0.329 e. The summed E-state index contributed by atoms with van der Waals surface area (Å²) >= 11 is 12.6. The number of aromatic nitrogens is 4. The van der Waals surface area contributed by atoms with Crippen molar-refractivity contribution in [1.29, 1.82) is 5.26 Å². The van der Waals surface area contributed by atoms with Crippen molar-refractivity contribution in [3.63, 3.8) is 0 Å². The monoisotopic (exact) mass is 509 g/mol. The van der Waals surface area contributed by atoms with Crippen LogP contribution in [0.1, 0.15) is 62.5 Å². The lowest BCUT2D eigenvalue weighted by atomic mass is 9.83. The molecule has 1 aliphatic carbocycles. The Kier molecular flexibility index (Phi) is 6.82. The maximum Gasteiger partial charge on any atom is 0.190 e. The number of halogens is 2. The average molecular weight is 510 g/mol. The molecule has 35 heavy (non-hydrogen) atoms. The number of nitrogens with two attached hydrogens (primary N) is 1.